The fourth-order valence-electron chi connectivity index (χ4n) is 2.71. The Hall–Kier alpha value is -2.97. The number of nitrogens with zero attached hydrogens (tertiary/aromatic N) is 1. The van der Waals surface area contributed by atoms with Crippen LogP contribution in [-0.2, 0) is 19.2 Å². The second-order valence-electron chi connectivity index (χ2n) is 7.74. The topological polar surface area (TPSA) is 255 Å². The van der Waals surface area contributed by atoms with Crippen LogP contribution in [0.15, 0.2) is 4.99 Å². The molecule has 0 fully saturated rings. The molecule has 0 aliphatic carbocycles. The van der Waals surface area contributed by atoms with Gasteiger partial charge in [0.15, 0.2) is 5.96 Å². The molecular weight excluding hydrogens is 438 g/mol. The summed E-state index contributed by atoms with van der Waals surface area (Å²) in [6, 6.07) is -5.22. The summed E-state index contributed by atoms with van der Waals surface area (Å²) in [4.78, 5) is 52.5. The third-order valence-corrected chi connectivity index (χ3v) is 4.96. The van der Waals surface area contributed by atoms with Crippen LogP contribution in [0.5, 0.6) is 0 Å². The molecule has 6 atom stereocenters. The van der Waals surface area contributed by atoms with E-state index in [2.05, 4.69) is 20.9 Å². The molecular formula is C19H37N7O7. The Bertz CT molecular complexity index is 698. The Balaban J connectivity index is 5.09. The van der Waals surface area contributed by atoms with Crippen molar-refractivity contribution in [2.75, 3.05) is 13.2 Å². The van der Waals surface area contributed by atoms with Crippen molar-refractivity contribution in [2.45, 2.75) is 70.3 Å². The van der Waals surface area contributed by atoms with Crippen LogP contribution in [0.3, 0.4) is 0 Å². The molecule has 0 aromatic rings. The number of aliphatic carboxylic acids is 1. The fourth-order valence-corrected chi connectivity index (χ4v) is 2.71. The largest absolute Gasteiger partial charge is 0.480 e. The molecule has 190 valence electrons. The minimum absolute atomic E-state index is 0.0967. The van der Waals surface area contributed by atoms with E-state index in [1.54, 1.807) is 13.8 Å². The van der Waals surface area contributed by atoms with Gasteiger partial charge in [0, 0.05) is 6.54 Å². The van der Waals surface area contributed by atoms with Crippen molar-refractivity contribution in [3.63, 3.8) is 0 Å². The van der Waals surface area contributed by atoms with Gasteiger partial charge >= 0.3 is 5.97 Å². The summed E-state index contributed by atoms with van der Waals surface area (Å²) in [5.41, 5.74) is 16.2. The van der Waals surface area contributed by atoms with Crippen molar-refractivity contribution in [1.29, 1.82) is 0 Å². The molecule has 6 unspecified atom stereocenters. The predicted octanol–water partition coefficient (Wildman–Crippen LogP) is -3.67. The molecule has 12 N–H and O–H groups in total. The number of carboxylic acid groups (broad SMARTS) is 1. The molecule has 0 saturated heterocycles. The highest BCUT2D eigenvalue weighted by atomic mass is 16.4. The zero-order valence-corrected chi connectivity index (χ0v) is 19.2. The molecule has 0 rings (SSSR count). The number of nitrogens with one attached hydrogen (secondary N) is 3. The van der Waals surface area contributed by atoms with E-state index in [1.807, 2.05) is 0 Å². The number of amides is 3. The Morgan fingerprint density at radius 2 is 1.55 bits per heavy atom. The summed E-state index contributed by atoms with van der Waals surface area (Å²) >= 11 is 0. The summed E-state index contributed by atoms with van der Waals surface area (Å²) < 4.78 is 0. The van der Waals surface area contributed by atoms with Crippen molar-refractivity contribution < 1.29 is 34.5 Å². The van der Waals surface area contributed by atoms with Gasteiger partial charge in [0.05, 0.1) is 18.8 Å². The maximum atomic E-state index is 12.5. The van der Waals surface area contributed by atoms with Gasteiger partial charge in [-0.3, -0.25) is 19.4 Å². The van der Waals surface area contributed by atoms with Crippen LogP contribution >= 0.6 is 0 Å². The first-order valence-electron chi connectivity index (χ1n) is 10.6. The number of guanidine groups is 1. The second-order valence-corrected chi connectivity index (χ2v) is 7.74. The van der Waals surface area contributed by atoms with E-state index in [9.17, 15) is 34.5 Å². The minimum Gasteiger partial charge on any atom is -0.480 e. The summed E-state index contributed by atoms with van der Waals surface area (Å²) in [7, 11) is 0. The summed E-state index contributed by atoms with van der Waals surface area (Å²) in [5.74, 6) is -4.38. The van der Waals surface area contributed by atoms with Crippen LogP contribution in [0.2, 0.25) is 0 Å². The van der Waals surface area contributed by atoms with Crippen LogP contribution in [0.25, 0.3) is 0 Å². The summed E-state index contributed by atoms with van der Waals surface area (Å²) in [6.45, 7) is 4.06. The van der Waals surface area contributed by atoms with Gasteiger partial charge in [-0.2, -0.15) is 0 Å². The zero-order valence-electron chi connectivity index (χ0n) is 19.2. The lowest BCUT2D eigenvalue weighted by Gasteiger charge is -2.27. The van der Waals surface area contributed by atoms with E-state index in [1.165, 1.54) is 6.92 Å². The van der Waals surface area contributed by atoms with Crippen molar-refractivity contribution >= 4 is 29.7 Å². The normalized spacial score (nSPS) is 16.3. The summed E-state index contributed by atoms with van der Waals surface area (Å²) in [5, 5.41) is 35.6. The monoisotopic (exact) mass is 475 g/mol. The highest BCUT2D eigenvalue weighted by Crippen LogP contribution is 2.09. The van der Waals surface area contributed by atoms with Crippen LogP contribution < -0.4 is 33.2 Å². The Kier molecular flexibility index (Phi) is 13.6. The Labute approximate surface area is 192 Å². The van der Waals surface area contributed by atoms with Gasteiger partial charge < -0.3 is 48.5 Å². The Morgan fingerprint density at radius 3 is 2.00 bits per heavy atom. The first-order chi connectivity index (χ1) is 15.3. The molecule has 0 bridgehead atoms. The lowest BCUT2D eigenvalue weighted by molar-refractivity contribution is -0.144. The quantitative estimate of drug-likeness (QED) is 0.0636. The van der Waals surface area contributed by atoms with Gasteiger partial charge in [-0.05, 0) is 25.7 Å². The van der Waals surface area contributed by atoms with Crippen LogP contribution in [0.4, 0.5) is 0 Å². The van der Waals surface area contributed by atoms with Crippen molar-refractivity contribution in [3.8, 4) is 0 Å². The number of hydrogen-bond donors (Lipinski definition) is 9. The second kappa shape index (κ2) is 15.0. The number of carbonyl (C=O) groups is 4. The molecule has 0 aliphatic heterocycles. The number of hydrogen-bond acceptors (Lipinski definition) is 8. The van der Waals surface area contributed by atoms with Gasteiger partial charge in [0.1, 0.15) is 18.1 Å². The third kappa shape index (κ3) is 10.9. The van der Waals surface area contributed by atoms with Crippen molar-refractivity contribution in [3.05, 3.63) is 0 Å². The van der Waals surface area contributed by atoms with E-state index >= 15 is 0 Å². The number of carbonyl (C=O) groups excluding carboxylic acids is 3. The number of aliphatic hydroxyl groups excluding tert-OH is 2. The smallest absolute Gasteiger partial charge is 0.326 e. The van der Waals surface area contributed by atoms with E-state index in [0.29, 0.717) is 12.8 Å². The maximum Gasteiger partial charge on any atom is 0.326 e. The lowest BCUT2D eigenvalue weighted by atomic mass is 9.98. The van der Waals surface area contributed by atoms with Crippen molar-refractivity contribution in [1.82, 2.24) is 16.0 Å². The SMILES string of the molecule is CCC(C)C(NC(=O)C(NC(=O)C(CO)NC(=O)C(N)CCCN=C(N)N)C(C)O)C(=O)O. The number of aliphatic hydroxyl groups is 2. The van der Waals surface area contributed by atoms with E-state index < -0.39 is 66.5 Å². The average Bonchev–Trinajstić information content (AvgIpc) is 2.74. The molecule has 0 heterocycles. The van der Waals surface area contributed by atoms with Gasteiger partial charge in [-0.15, -0.1) is 0 Å². The van der Waals surface area contributed by atoms with Gasteiger partial charge in [-0.1, -0.05) is 20.3 Å². The summed E-state index contributed by atoms with van der Waals surface area (Å²) in [6.07, 6.45) is -0.331. The maximum absolute atomic E-state index is 12.5. The van der Waals surface area contributed by atoms with Crippen LogP contribution in [0, 0.1) is 5.92 Å². The molecule has 14 nitrogen and oxygen atoms in total. The number of rotatable bonds is 15. The number of carboxylic acids is 1. The van der Waals surface area contributed by atoms with Crippen molar-refractivity contribution in [2.24, 2.45) is 28.1 Å². The van der Waals surface area contributed by atoms with E-state index in [4.69, 9.17) is 17.2 Å². The fraction of sp³-hybridized carbons (Fsp3) is 0.737. The lowest BCUT2D eigenvalue weighted by Crippen LogP contribution is -2.61. The molecule has 0 spiro atoms. The highest BCUT2D eigenvalue weighted by molar-refractivity contribution is 5.94. The number of aliphatic imine (C=N–C) groups is 1. The standard InChI is InChI=1S/C19H37N7O7/c1-4-9(2)13(18(32)33)25-17(31)14(10(3)28)26-16(30)12(8-27)24-15(29)11(20)6-5-7-23-19(21)22/h9-14,27-28H,4-8,20H2,1-3H3,(H,24,29)(H,25,31)(H,26,30)(H,32,33)(H4,21,22,23). The van der Waals surface area contributed by atoms with E-state index in [-0.39, 0.29) is 18.9 Å². The molecule has 3 amide bonds. The average molecular weight is 476 g/mol. The zero-order chi connectivity index (χ0) is 25.7. The van der Waals surface area contributed by atoms with Gasteiger partial charge in [0.2, 0.25) is 17.7 Å². The van der Waals surface area contributed by atoms with Crippen LogP contribution in [0.1, 0.15) is 40.0 Å². The molecule has 0 radical (unpaired) electrons. The molecule has 0 aliphatic rings. The third-order valence-electron chi connectivity index (χ3n) is 4.96. The Morgan fingerprint density at radius 1 is 0.970 bits per heavy atom. The molecule has 0 saturated carbocycles. The molecule has 0 aromatic carbocycles. The van der Waals surface area contributed by atoms with Gasteiger partial charge in [-0.25, -0.2) is 4.79 Å². The highest BCUT2D eigenvalue weighted by Gasteiger charge is 2.33. The van der Waals surface area contributed by atoms with E-state index in [0.717, 1.165) is 0 Å². The molecule has 14 heteroatoms. The first-order valence-corrected chi connectivity index (χ1v) is 10.6. The predicted molar refractivity (Wildman–Crippen MR) is 120 cm³/mol. The molecule has 0 aromatic heterocycles. The molecule has 33 heavy (non-hydrogen) atoms. The first kappa shape index (κ1) is 30.0. The number of nitrogens with two attached hydrogens (primary N) is 3. The van der Waals surface area contributed by atoms with Crippen LogP contribution in [-0.4, -0.2) is 88.4 Å². The minimum atomic E-state index is -1.53. The van der Waals surface area contributed by atoms with Gasteiger partial charge in [0.25, 0.3) is 0 Å².